The molecule has 4 aromatic rings. The summed E-state index contributed by atoms with van der Waals surface area (Å²) < 4.78 is 29.7. The minimum Gasteiger partial charge on any atom is -0.444 e. The predicted molar refractivity (Wildman–Crippen MR) is 385 cm³/mol. The Morgan fingerprint density at radius 1 is 0.433 bits per heavy atom. The van der Waals surface area contributed by atoms with Gasteiger partial charge in [0.2, 0.25) is 11.8 Å². The molecule has 0 spiro atoms. The van der Waals surface area contributed by atoms with E-state index >= 15 is 0 Å². The normalized spacial score (nSPS) is 20.7. The Bertz CT molecular complexity index is 3210. The van der Waals surface area contributed by atoms with Crippen molar-refractivity contribution in [3.63, 3.8) is 0 Å². The Morgan fingerprint density at radius 2 is 0.784 bits per heavy atom. The van der Waals surface area contributed by atoms with Crippen molar-refractivity contribution in [3.8, 4) is 0 Å². The molecule has 3 radical (unpaired) electrons. The minimum atomic E-state index is -1.06. The van der Waals surface area contributed by atoms with E-state index in [9.17, 15) is 28.8 Å². The molecule has 6 N–H and O–H groups in total. The molecule has 9 heterocycles. The van der Waals surface area contributed by atoms with Crippen molar-refractivity contribution in [2.75, 3.05) is 146 Å². The molecule has 5 fully saturated rings. The third kappa shape index (κ3) is 23.8. The molecule has 4 amide bonds. The van der Waals surface area contributed by atoms with E-state index in [1.165, 1.54) is 42.0 Å². The zero-order chi connectivity index (χ0) is 69.2. The maximum absolute atomic E-state index is 12.3. The number of amides is 4. The molecule has 0 aromatic heterocycles. The monoisotopic (exact) mass is 1340 g/mol. The summed E-state index contributed by atoms with van der Waals surface area (Å²) in [6.07, 6.45) is 3.12. The largest absolute Gasteiger partial charge is 1.00 e. The lowest BCUT2D eigenvalue weighted by Crippen LogP contribution is -2.55. The number of para-hydroxylation sites is 8. The fourth-order valence-corrected chi connectivity index (χ4v) is 12.5. The van der Waals surface area contributed by atoms with Crippen LogP contribution >= 0.6 is 0 Å². The third-order valence-corrected chi connectivity index (χ3v) is 16.6. The summed E-state index contributed by atoms with van der Waals surface area (Å²) in [5.74, 6) is 0.0969. The summed E-state index contributed by atoms with van der Waals surface area (Å²) in [7, 11) is 0. The van der Waals surface area contributed by atoms with Crippen LogP contribution in [0.2, 0.25) is 0 Å². The first-order valence-corrected chi connectivity index (χ1v) is 34.2. The van der Waals surface area contributed by atoms with Crippen molar-refractivity contribution >= 4 is 90.2 Å². The molecule has 4 unspecified atom stereocenters. The van der Waals surface area contributed by atoms with E-state index in [0.717, 1.165) is 108 Å². The second kappa shape index (κ2) is 34.9. The standard InChI is InChI=1S/C17H23N3O3.C17H25N3O2.C12H15N3O.C12H17N3.C10H18O5.C4H8O.B/c1-17(2,3)23-16(22)19-8-9-20-12(11-19)10-15(21)18-13-6-4-5-7-14(13)20;1-17(2,3)22-16(21)19-10-11-20-13(12-19)8-9-18-14-6-4-5-7-15(14)20;16-12-7-9-8-13-5-6-15(9)11-4-2-1-3-10(11)14-12;1-2-4-12-11(3-1)14-6-5-10-9-13-7-8-15(10)12;1-9(2,3)14-7(11)13-8(12)15-10(4,5)6;1-2-4-5-3-1;/h4-7,12H,8-11H2,1-3H3,(H,18,21);4-7,13,18H,8-12H2,1-3H3;1-4,9,13H,5-8H2,(H,14,16);1-4,10,13-14H,5-9H2;1-6H3;1-4H2;/p+1. The molecule has 4 aromatic carbocycles. The number of hydrogen-bond donors (Lipinski definition) is 6. The third-order valence-electron chi connectivity index (χ3n) is 16.6. The van der Waals surface area contributed by atoms with Gasteiger partial charge in [-0.2, -0.15) is 0 Å². The molecular formula is C72H107BN12O12+. The van der Waals surface area contributed by atoms with Crippen molar-refractivity contribution in [3.05, 3.63) is 97.1 Å². The van der Waals surface area contributed by atoms with Gasteiger partial charge >= 0.3 is 25.9 Å². The second-order valence-electron chi connectivity index (χ2n) is 29.0. The smallest absolute Gasteiger partial charge is 0.444 e. The van der Waals surface area contributed by atoms with Gasteiger partial charge < -0.3 is 89.7 Å². The first-order chi connectivity index (χ1) is 45.6. The highest BCUT2D eigenvalue weighted by Gasteiger charge is 2.38. The second-order valence-corrected chi connectivity index (χ2v) is 29.0. The lowest BCUT2D eigenvalue weighted by atomic mass is 10.1. The zero-order valence-corrected chi connectivity index (χ0v) is 59.3. The Balaban J connectivity index is 0.000000191. The van der Waals surface area contributed by atoms with Crippen LogP contribution in [0.4, 0.5) is 64.7 Å². The van der Waals surface area contributed by atoms with E-state index in [-0.39, 0.29) is 45.9 Å². The Morgan fingerprint density at radius 3 is 1.21 bits per heavy atom. The van der Waals surface area contributed by atoms with Crippen LogP contribution < -0.4 is 51.5 Å². The van der Waals surface area contributed by atoms with Crippen LogP contribution in [0, 0.1) is 0 Å². The van der Waals surface area contributed by atoms with Crippen molar-refractivity contribution in [2.24, 2.45) is 0 Å². The van der Waals surface area contributed by atoms with Crippen LogP contribution in [0.15, 0.2) is 97.1 Å². The van der Waals surface area contributed by atoms with Crippen molar-refractivity contribution in [1.82, 2.24) is 20.4 Å². The SMILES string of the molecule is C1CCOC1.CC(C)(C)OC(=O)N1CCN2c3ccccc3NC(=O)CC2C1.CC(C)(C)OC(=O)N1CCN2c3ccccc3NCCC2C1.CC(C)(C)OC(=O)OC(=O)OC(C)(C)C.O=C1CC2CNCCN2c2ccccc2N1.[B].[H+].c1ccc2c(c1)NCCC1CNCCN21. The first-order valence-electron chi connectivity index (χ1n) is 34.2. The number of carbonyl (C=O) groups is 6. The summed E-state index contributed by atoms with van der Waals surface area (Å²) in [4.78, 5) is 83.5. The van der Waals surface area contributed by atoms with Gasteiger partial charge in [0.1, 0.15) is 22.4 Å². The molecule has 9 aliphatic rings. The number of rotatable bonds is 0. The molecule has 5 saturated heterocycles. The summed E-state index contributed by atoms with van der Waals surface area (Å²) in [6.45, 7) is 35.6. The predicted octanol–water partition coefficient (Wildman–Crippen LogP) is 10.9. The van der Waals surface area contributed by atoms with Gasteiger partial charge in [-0.15, -0.1) is 0 Å². The number of ether oxygens (including phenoxy) is 6. The molecule has 529 valence electrons. The quantitative estimate of drug-likeness (QED) is 0.0414. The molecule has 25 heteroatoms. The highest BCUT2D eigenvalue weighted by molar-refractivity contribution is 5.98. The molecule has 0 bridgehead atoms. The van der Waals surface area contributed by atoms with Gasteiger partial charge in [0.25, 0.3) is 0 Å². The van der Waals surface area contributed by atoms with E-state index in [2.05, 4.69) is 111 Å². The van der Waals surface area contributed by atoms with Crippen molar-refractivity contribution < 1.29 is 58.6 Å². The average molecular weight is 1340 g/mol. The number of benzene rings is 4. The molecule has 0 saturated carbocycles. The van der Waals surface area contributed by atoms with Crippen LogP contribution in [0.5, 0.6) is 0 Å². The van der Waals surface area contributed by atoms with E-state index in [1.54, 1.807) is 46.4 Å². The Hall–Kier alpha value is -8.16. The number of piperazine rings is 4. The maximum Gasteiger partial charge on any atom is 1.00 e. The zero-order valence-electron chi connectivity index (χ0n) is 60.3. The number of fused-ring (bicyclic) bond motifs is 12. The number of anilines is 8. The lowest BCUT2D eigenvalue weighted by Gasteiger charge is -2.42. The van der Waals surface area contributed by atoms with Crippen LogP contribution in [0.1, 0.15) is 123 Å². The van der Waals surface area contributed by atoms with Gasteiger partial charge in [-0.1, -0.05) is 48.5 Å². The first kappa shape index (κ1) is 76.2. The van der Waals surface area contributed by atoms with E-state index < -0.39 is 34.7 Å². The average Bonchev–Trinajstić information content (AvgIpc) is 1.55. The van der Waals surface area contributed by atoms with Crippen LogP contribution in [-0.2, 0) is 38.0 Å². The Kier molecular flexibility index (Phi) is 27.4. The van der Waals surface area contributed by atoms with Gasteiger partial charge in [-0.05, 0) is 157 Å². The lowest BCUT2D eigenvalue weighted by molar-refractivity contribution is -0.117. The topological polar surface area (TPSA) is 249 Å². The van der Waals surface area contributed by atoms with Gasteiger partial charge in [0, 0.05) is 138 Å². The van der Waals surface area contributed by atoms with Gasteiger partial charge in [-0.3, -0.25) is 9.59 Å². The fraction of sp³-hybridized carbons (Fsp3) is 0.583. The summed E-state index contributed by atoms with van der Waals surface area (Å²) in [5.41, 5.74) is 6.72. The molecular weight excluding hydrogens is 1240 g/mol. The molecule has 0 aliphatic carbocycles. The van der Waals surface area contributed by atoms with Gasteiger partial charge in [-0.25, -0.2) is 19.2 Å². The van der Waals surface area contributed by atoms with Crippen LogP contribution in [0.25, 0.3) is 0 Å². The van der Waals surface area contributed by atoms with E-state index in [1.807, 2.05) is 88.9 Å². The Labute approximate surface area is 577 Å². The van der Waals surface area contributed by atoms with Gasteiger partial charge in [0.05, 0.1) is 57.6 Å². The van der Waals surface area contributed by atoms with Crippen LogP contribution in [-0.4, -0.2) is 206 Å². The summed E-state index contributed by atoms with van der Waals surface area (Å²) >= 11 is 0. The van der Waals surface area contributed by atoms with Crippen molar-refractivity contribution in [1.29, 1.82) is 0 Å². The van der Waals surface area contributed by atoms with E-state index in [0.29, 0.717) is 51.1 Å². The summed E-state index contributed by atoms with van der Waals surface area (Å²) in [5, 5.41) is 19.7. The van der Waals surface area contributed by atoms with E-state index in [4.69, 9.17) is 23.7 Å². The maximum atomic E-state index is 12.3. The molecule has 13 rings (SSSR count). The molecule has 24 nitrogen and oxygen atoms in total. The molecule has 9 aliphatic heterocycles. The number of hydrogen-bond acceptors (Lipinski definition) is 20. The highest BCUT2D eigenvalue weighted by atomic mass is 16.8. The highest BCUT2D eigenvalue weighted by Crippen LogP contribution is 2.36. The molecule has 97 heavy (non-hydrogen) atoms. The number of nitrogens with one attached hydrogen (secondary N) is 6. The minimum absolute atomic E-state index is 0. The van der Waals surface area contributed by atoms with Crippen LogP contribution in [0.3, 0.4) is 0 Å². The number of nitrogens with zero attached hydrogens (tertiary/aromatic N) is 6. The summed E-state index contributed by atoms with van der Waals surface area (Å²) in [6, 6.07) is 34.2. The van der Waals surface area contributed by atoms with Crippen molar-refractivity contribution in [2.45, 2.75) is 168 Å². The number of carbonyl (C=O) groups excluding carboxylic acids is 6. The van der Waals surface area contributed by atoms with Gasteiger partial charge in [0.15, 0.2) is 0 Å². The fourth-order valence-electron chi connectivity index (χ4n) is 12.5. The molecule has 4 atom stereocenters.